The highest BCUT2D eigenvalue weighted by Gasteiger charge is 2.07. The molecule has 0 amide bonds. The van der Waals surface area contributed by atoms with Crippen LogP contribution in [0.15, 0.2) is 41.3 Å². The SMILES string of the molecule is Cc1cc(CO)cc(Oc2ccc(S(C)(=O)=O)cc2)n1. The van der Waals surface area contributed by atoms with Gasteiger partial charge < -0.3 is 9.84 Å². The van der Waals surface area contributed by atoms with Gasteiger partial charge in [0.2, 0.25) is 5.88 Å². The molecule has 0 bridgehead atoms. The van der Waals surface area contributed by atoms with Crippen molar-refractivity contribution in [3.8, 4) is 11.6 Å². The van der Waals surface area contributed by atoms with Crippen molar-refractivity contribution in [1.82, 2.24) is 4.98 Å². The summed E-state index contributed by atoms with van der Waals surface area (Å²) in [5, 5.41) is 9.13. The first-order valence-corrected chi connectivity index (χ1v) is 7.84. The highest BCUT2D eigenvalue weighted by atomic mass is 32.2. The molecule has 6 heteroatoms. The Hall–Kier alpha value is -1.92. The molecule has 1 heterocycles. The van der Waals surface area contributed by atoms with Crippen molar-refractivity contribution in [3.63, 3.8) is 0 Å². The van der Waals surface area contributed by atoms with Gasteiger partial charge in [-0.05, 0) is 42.8 Å². The van der Waals surface area contributed by atoms with Gasteiger partial charge in [-0.3, -0.25) is 0 Å². The average molecular weight is 293 g/mol. The lowest BCUT2D eigenvalue weighted by Crippen LogP contribution is -1.97. The van der Waals surface area contributed by atoms with E-state index in [9.17, 15) is 8.42 Å². The molecule has 20 heavy (non-hydrogen) atoms. The molecule has 0 atom stereocenters. The van der Waals surface area contributed by atoms with Crippen LogP contribution in [0.3, 0.4) is 0 Å². The van der Waals surface area contributed by atoms with Crippen LogP contribution in [0.5, 0.6) is 11.6 Å². The lowest BCUT2D eigenvalue weighted by molar-refractivity contribution is 0.281. The van der Waals surface area contributed by atoms with Gasteiger partial charge in [-0.2, -0.15) is 0 Å². The van der Waals surface area contributed by atoms with E-state index in [1.807, 2.05) is 0 Å². The van der Waals surface area contributed by atoms with E-state index in [2.05, 4.69) is 4.98 Å². The molecule has 5 nitrogen and oxygen atoms in total. The molecule has 2 aromatic rings. The Morgan fingerprint density at radius 1 is 1.20 bits per heavy atom. The maximum atomic E-state index is 11.3. The molecule has 1 N–H and O–H groups in total. The third kappa shape index (κ3) is 3.55. The monoisotopic (exact) mass is 293 g/mol. The van der Waals surface area contributed by atoms with E-state index in [1.54, 1.807) is 31.2 Å². The fourth-order valence-corrected chi connectivity index (χ4v) is 2.36. The summed E-state index contributed by atoms with van der Waals surface area (Å²) in [5.41, 5.74) is 1.44. The Balaban J connectivity index is 2.24. The Kier molecular flexibility index (Phi) is 4.06. The summed E-state index contributed by atoms with van der Waals surface area (Å²) in [4.78, 5) is 4.43. The summed E-state index contributed by atoms with van der Waals surface area (Å²) in [6, 6.07) is 9.50. The summed E-state index contributed by atoms with van der Waals surface area (Å²) >= 11 is 0. The molecule has 2 rings (SSSR count). The number of benzene rings is 1. The van der Waals surface area contributed by atoms with Crippen molar-refractivity contribution in [1.29, 1.82) is 0 Å². The van der Waals surface area contributed by atoms with E-state index in [4.69, 9.17) is 9.84 Å². The van der Waals surface area contributed by atoms with Gasteiger partial charge in [0.15, 0.2) is 9.84 Å². The molecule has 0 aliphatic heterocycles. The Morgan fingerprint density at radius 3 is 2.40 bits per heavy atom. The van der Waals surface area contributed by atoms with Crippen LogP contribution in [0, 0.1) is 6.92 Å². The maximum Gasteiger partial charge on any atom is 0.219 e. The fourth-order valence-electron chi connectivity index (χ4n) is 1.73. The summed E-state index contributed by atoms with van der Waals surface area (Å²) < 4.78 is 28.3. The minimum absolute atomic E-state index is 0.0905. The second-order valence-electron chi connectivity index (χ2n) is 4.46. The van der Waals surface area contributed by atoms with Gasteiger partial charge in [0.1, 0.15) is 5.75 Å². The van der Waals surface area contributed by atoms with Gasteiger partial charge in [-0.15, -0.1) is 0 Å². The molecule has 0 aliphatic rings. The topological polar surface area (TPSA) is 76.5 Å². The summed E-state index contributed by atoms with van der Waals surface area (Å²) in [5.74, 6) is 0.848. The molecule has 0 aliphatic carbocycles. The lowest BCUT2D eigenvalue weighted by Gasteiger charge is -2.08. The summed E-state index contributed by atoms with van der Waals surface area (Å²) in [7, 11) is -3.21. The fraction of sp³-hybridized carbons (Fsp3) is 0.214. The standard InChI is InChI=1S/C14H15NO4S/c1-10-7-11(9-16)8-14(15-10)19-12-3-5-13(6-4-12)20(2,17)18/h3-8,16H,9H2,1-2H3. The first-order chi connectivity index (χ1) is 9.38. The van der Waals surface area contributed by atoms with Gasteiger partial charge in [0, 0.05) is 18.0 Å². The minimum atomic E-state index is -3.21. The van der Waals surface area contributed by atoms with Crippen LogP contribution in [0.25, 0.3) is 0 Å². The third-order valence-electron chi connectivity index (χ3n) is 2.65. The van der Waals surface area contributed by atoms with Gasteiger partial charge in [0.05, 0.1) is 11.5 Å². The molecule has 0 unspecified atom stereocenters. The molecule has 106 valence electrons. The van der Waals surface area contributed by atoms with E-state index in [0.29, 0.717) is 17.2 Å². The number of nitrogens with zero attached hydrogens (tertiary/aromatic N) is 1. The smallest absolute Gasteiger partial charge is 0.219 e. The first-order valence-electron chi connectivity index (χ1n) is 5.95. The number of aliphatic hydroxyl groups excluding tert-OH is 1. The van der Waals surface area contributed by atoms with E-state index in [1.165, 1.54) is 12.1 Å². The zero-order valence-electron chi connectivity index (χ0n) is 11.2. The van der Waals surface area contributed by atoms with Crippen molar-refractivity contribution in [2.24, 2.45) is 0 Å². The number of hydrogen-bond acceptors (Lipinski definition) is 5. The van der Waals surface area contributed by atoms with Crippen molar-refractivity contribution in [2.45, 2.75) is 18.4 Å². The van der Waals surface area contributed by atoms with Gasteiger partial charge in [-0.25, -0.2) is 13.4 Å². The zero-order valence-corrected chi connectivity index (χ0v) is 12.0. The number of rotatable bonds is 4. The largest absolute Gasteiger partial charge is 0.439 e. The van der Waals surface area contributed by atoms with Gasteiger partial charge in [0.25, 0.3) is 0 Å². The van der Waals surface area contributed by atoms with E-state index in [0.717, 1.165) is 11.9 Å². The first kappa shape index (κ1) is 14.5. The normalized spacial score (nSPS) is 11.3. The molecule has 0 radical (unpaired) electrons. The Bertz CT molecular complexity index is 708. The number of ether oxygens (including phenoxy) is 1. The zero-order chi connectivity index (χ0) is 14.8. The van der Waals surface area contributed by atoms with Crippen molar-refractivity contribution < 1.29 is 18.3 Å². The molecule has 0 saturated carbocycles. The molecule has 0 fully saturated rings. The molecule has 1 aromatic carbocycles. The second-order valence-corrected chi connectivity index (χ2v) is 6.47. The molecule has 0 spiro atoms. The molecular weight excluding hydrogens is 278 g/mol. The van der Waals surface area contributed by atoms with Crippen LogP contribution < -0.4 is 4.74 Å². The van der Waals surface area contributed by atoms with E-state index in [-0.39, 0.29) is 11.5 Å². The number of pyridine rings is 1. The molecule has 0 saturated heterocycles. The van der Waals surface area contributed by atoms with Crippen LogP contribution in [-0.2, 0) is 16.4 Å². The van der Waals surface area contributed by atoms with Crippen molar-refractivity contribution >= 4 is 9.84 Å². The van der Waals surface area contributed by atoms with Crippen LogP contribution >= 0.6 is 0 Å². The summed E-state index contributed by atoms with van der Waals surface area (Å²) in [6.45, 7) is 1.71. The predicted molar refractivity (Wildman–Crippen MR) is 74.5 cm³/mol. The quantitative estimate of drug-likeness (QED) is 0.934. The maximum absolute atomic E-state index is 11.3. The molecular formula is C14H15NO4S. The minimum Gasteiger partial charge on any atom is -0.439 e. The lowest BCUT2D eigenvalue weighted by atomic mass is 10.2. The number of hydrogen-bond donors (Lipinski definition) is 1. The van der Waals surface area contributed by atoms with Crippen LogP contribution in [0.2, 0.25) is 0 Å². The van der Waals surface area contributed by atoms with E-state index >= 15 is 0 Å². The Labute approximate surface area is 117 Å². The highest BCUT2D eigenvalue weighted by Crippen LogP contribution is 2.22. The van der Waals surface area contributed by atoms with Gasteiger partial charge in [-0.1, -0.05) is 0 Å². The third-order valence-corrected chi connectivity index (χ3v) is 3.78. The number of aryl methyl sites for hydroxylation is 1. The number of aromatic nitrogens is 1. The van der Waals surface area contributed by atoms with E-state index < -0.39 is 9.84 Å². The van der Waals surface area contributed by atoms with Crippen molar-refractivity contribution in [2.75, 3.05) is 6.26 Å². The summed E-state index contributed by atoms with van der Waals surface area (Å²) in [6.07, 6.45) is 1.15. The van der Waals surface area contributed by atoms with Gasteiger partial charge >= 0.3 is 0 Å². The van der Waals surface area contributed by atoms with Crippen molar-refractivity contribution in [3.05, 3.63) is 47.7 Å². The number of aliphatic hydroxyl groups is 1. The predicted octanol–water partition coefficient (Wildman–Crippen LogP) is 2.08. The second kappa shape index (κ2) is 5.60. The Morgan fingerprint density at radius 2 is 1.85 bits per heavy atom. The number of sulfone groups is 1. The van der Waals surface area contributed by atoms with Crippen LogP contribution in [0.1, 0.15) is 11.3 Å². The molecule has 1 aromatic heterocycles. The van der Waals surface area contributed by atoms with Crippen LogP contribution in [-0.4, -0.2) is 24.8 Å². The van der Waals surface area contributed by atoms with Crippen LogP contribution in [0.4, 0.5) is 0 Å². The highest BCUT2D eigenvalue weighted by molar-refractivity contribution is 7.90. The average Bonchev–Trinajstić information content (AvgIpc) is 2.37.